The molecular weight excluding hydrogens is 877 g/mol. The molecule has 2 aliphatic carbocycles. The lowest BCUT2D eigenvalue weighted by Crippen LogP contribution is -2.27. The first-order valence-electron chi connectivity index (χ1n) is 23.7. The summed E-state index contributed by atoms with van der Waals surface area (Å²) in [5, 5.41) is 0. The second-order valence-electron chi connectivity index (χ2n) is 17.9. The highest BCUT2D eigenvalue weighted by atomic mass is 16.6. The highest BCUT2D eigenvalue weighted by Crippen LogP contribution is 2.47. The second kappa shape index (κ2) is 20.4. The van der Waals surface area contributed by atoms with Gasteiger partial charge in [-0.3, -0.25) is 0 Å². The number of rotatable bonds is 6. The quantitative estimate of drug-likeness (QED) is 0.158. The van der Waals surface area contributed by atoms with E-state index in [-0.39, 0.29) is 13.2 Å². The molecule has 12 heteroatoms. The SMILES string of the molecule is COc1cc2c3cc1OCCCOc1ccc4c(c1)Cc1cc(OC)c5c(OC)c1Cc1cc(OC)c(cc1C4)OC[C@@H](OC)COc1cc(c(cc1OC)C3)Cc1ccc(cc1C2)OCCCO5. The van der Waals surface area contributed by atoms with E-state index >= 15 is 0 Å². The molecule has 12 nitrogen and oxygen atoms in total. The van der Waals surface area contributed by atoms with E-state index in [2.05, 4.69) is 78.9 Å². The van der Waals surface area contributed by atoms with Crippen molar-refractivity contribution in [1.82, 2.24) is 0 Å². The normalized spacial score (nSPS) is 16.3. The van der Waals surface area contributed by atoms with Gasteiger partial charge in [-0.2, -0.15) is 0 Å². The molecule has 0 saturated carbocycles. The number of hydrogen-bond acceptors (Lipinski definition) is 12. The summed E-state index contributed by atoms with van der Waals surface area (Å²) in [6.07, 6.45) is 4.57. The molecule has 12 aliphatic heterocycles. The molecule has 0 aromatic heterocycles. The number of benzene rings is 6. The van der Waals surface area contributed by atoms with Gasteiger partial charge in [-0.05, 0) is 160 Å². The largest absolute Gasteiger partial charge is 0.493 e. The van der Waals surface area contributed by atoms with Gasteiger partial charge in [0.2, 0.25) is 5.75 Å². The number of hydrogen-bond donors (Lipinski definition) is 0. The maximum atomic E-state index is 6.64. The van der Waals surface area contributed by atoms with Gasteiger partial charge in [0.05, 0.1) is 62.0 Å². The van der Waals surface area contributed by atoms with E-state index in [1.54, 1.807) is 42.7 Å². The zero-order valence-corrected chi connectivity index (χ0v) is 40.4. The third kappa shape index (κ3) is 9.59. The monoisotopic (exact) mass is 936 g/mol. The van der Waals surface area contributed by atoms with Crippen LogP contribution in [-0.4, -0.2) is 88.4 Å². The summed E-state index contributed by atoms with van der Waals surface area (Å²) in [4.78, 5) is 0. The van der Waals surface area contributed by atoms with Gasteiger partial charge in [0.15, 0.2) is 46.0 Å². The molecule has 20 rings (SSSR count). The maximum Gasteiger partial charge on any atom is 0.203 e. The summed E-state index contributed by atoms with van der Waals surface area (Å²) in [7, 11) is 10.1. The standard InChI is InChI=1S/C57H60O12/c1-58-47-32-68-53-29-38-17-34-9-11-45-22-36(34)19-40-25-49(59-2)52(28-42(40)20-41(38)26-50(53)60-3)66-15-7-13-64-46-12-10-35-18-39-30-54(69-33-47)51(61-4)27-43(39)24-48-44(21-37(35)23-46)31-55(62-5)57(56(48)63-6)67-16-8-14-65-45/h9-12,22-23,25-31,47H,7-8,13-21,24,32-33H2,1-6H3/t47-/m0/s1. The van der Waals surface area contributed by atoms with Crippen molar-refractivity contribution in [2.45, 2.75) is 57.5 Å². The van der Waals surface area contributed by atoms with Gasteiger partial charge >= 0.3 is 0 Å². The molecule has 18 bridgehead atoms. The summed E-state index contributed by atoms with van der Waals surface area (Å²) in [6.45, 7) is 2.10. The summed E-state index contributed by atoms with van der Waals surface area (Å²) in [5.41, 5.74) is 13.3. The first-order valence-corrected chi connectivity index (χ1v) is 23.7. The smallest absolute Gasteiger partial charge is 0.203 e. The van der Waals surface area contributed by atoms with Gasteiger partial charge in [-0.15, -0.1) is 0 Å². The van der Waals surface area contributed by atoms with Crippen molar-refractivity contribution < 1.29 is 56.8 Å². The number of methoxy groups -OCH3 is 6. The molecule has 0 N–H and O–H groups in total. The predicted molar refractivity (Wildman–Crippen MR) is 261 cm³/mol. The molecule has 0 amide bonds. The zero-order valence-electron chi connectivity index (χ0n) is 40.4. The zero-order chi connectivity index (χ0) is 47.4. The van der Waals surface area contributed by atoms with Gasteiger partial charge in [-0.25, -0.2) is 0 Å². The summed E-state index contributed by atoms with van der Waals surface area (Å²) in [5.74, 6) is 7.18. The molecular formula is C57H60O12. The molecule has 6 aromatic rings. The van der Waals surface area contributed by atoms with Crippen molar-refractivity contribution in [3.63, 3.8) is 0 Å². The van der Waals surface area contributed by atoms with E-state index in [9.17, 15) is 0 Å². The van der Waals surface area contributed by atoms with Gasteiger partial charge in [0, 0.05) is 31.9 Å². The average molecular weight is 937 g/mol. The topological polar surface area (TPSA) is 111 Å². The Morgan fingerprint density at radius 3 is 1.26 bits per heavy atom. The Hall–Kier alpha value is -6.92. The summed E-state index contributed by atoms with van der Waals surface area (Å²) < 4.78 is 75.9. The van der Waals surface area contributed by atoms with Gasteiger partial charge in [0.1, 0.15) is 30.8 Å². The lowest BCUT2D eigenvalue weighted by atomic mass is 9.93. The molecule has 6 aromatic carbocycles. The molecule has 14 aliphatic rings. The minimum absolute atomic E-state index is 0.204. The van der Waals surface area contributed by atoms with Crippen LogP contribution < -0.4 is 52.1 Å². The van der Waals surface area contributed by atoms with Crippen LogP contribution in [-0.2, 0) is 43.3 Å². The number of ether oxygens (including phenoxy) is 12. The Bertz CT molecular complexity index is 2850. The van der Waals surface area contributed by atoms with Crippen LogP contribution in [0.5, 0.6) is 63.2 Å². The van der Waals surface area contributed by atoms with Crippen LogP contribution in [0.1, 0.15) is 79.6 Å². The van der Waals surface area contributed by atoms with Gasteiger partial charge < -0.3 is 56.8 Å². The molecule has 0 unspecified atom stereocenters. The minimum Gasteiger partial charge on any atom is -0.493 e. The van der Waals surface area contributed by atoms with Crippen LogP contribution >= 0.6 is 0 Å². The van der Waals surface area contributed by atoms with E-state index in [1.807, 2.05) is 0 Å². The fourth-order valence-electron chi connectivity index (χ4n) is 9.98. The van der Waals surface area contributed by atoms with Crippen LogP contribution in [0, 0.1) is 0 Å². The van der Waals surface area contributed by atoms with Crippen molar-refractivity contribution in [3.8, 4) is 63.2 Å². The molecule has 69 heavy (non-hydrogen) atoms. The third-order valence-electron chi connectivity index (χ3n) is 13.7. The molecule has 12 heterocycles. The summed E-state index contributed by atoms with van der Waals surface area (Å²) in [6, 6.07) is 27.5. The lowest BCUT2D eigenvalue weighted by Gasteiger charge is -2.22. The fourth-order valence-corrected chi connectivity index (χ4v) is 9.98. The third-order valence-corrected chi connectivity index (χ3v) is 13.7. The van der Waals surface area contributed by atoms with Crippen LogP contribution in [0.2, 0.25) is 0 Å². The highest BCUT2D eigenvalue weighted by Gasteiger charge is 2.28. The molecule has 0 spiro atoms. The van der Waals surface area contributed by atoms with E-state index in [0.29, 0.717) is 130 Å². The molecule has 0 radical (unpaired) electrons. The van der Waals surface area contributed by atoms with Crippen molar-refractivity contribution >= 4 is 0 Å². The van der Waals surface area contributed by atoms with Gasteiger partial charge in [-0.1, -0.05) is 12.1 Å². The van der Waals surface area contributed by atoms with E-state index < -0.39 is 6.10 Å². The first-order chi connectivity index (χ1) is 33.8. The Labute approximate surface area is 404 Å². The fraction of sp³-hybridized carbons (Fsp3) is 0.368. The maximum absolute atomic E-state index is 6.64. The van der Waals surface area contributed by atoms with Crippen molar-refractivity contribution in [2.75, 3.05) is 82.3 Å². The van der Waals surface area contributed by atoms with Gasteiger partial charge in [0.25, 0.3) is 0 Å². The molecule has 360 valence electrons. The Morgan fingerprint density at radius 2 is 0.768 bits per heavy atom. The first kappa shape index (κ1) is 45.8. The van der Waals surface area contributed by atoms with Crippen LogP contribution in [0.15, 0.2) is 78.9 Å². The van der Waals surface area contributed by atoms with Crippen molar-refractivity contribution in [2.24, 2.45) is 0 Å². The molecule has 0 saturated heterocycles. The Morgan fingerprint density at radius 1 is 0.362 bits per heavy atom. The Balaban J connectivity index is 1.16. The van der Waals surface area contributed by atoms with E-state index in [1.165, 1.54) is 5.56 Å². The average Bonchev–Trinajstić information content (AvgIpc) is 3.46. The second-order valence-corrected chi connectivity index (χ2v) is 17.9. The van der Waals surface area contributed by atoms with Crippen molar-refractivity contribution in [3.05, 3.63) is 146 Å². The van der Waals surface area contributed by atoms with E-state index in [4.69, 9.17) is 56.8 Å². The predicted octanol–water partition coefficient (Wildman–Crippen LogP) is 9.70. The summed E-state index contributed by atoms with van der Waals surface area (Å²) >= 11 is 0. The van der Waals surface area contributed by atoms with E-state index in [0.717, 1.165) is 72.7 Å². The van der Waals surface area contributed by atoms with Crippen molar-refractivity contribution in [1.29, 1.82) is 0 Å². The molecule has 0 fully saturated rings. The molecule has 1 atom stereocenters. The minimum atomic E-state index is -0.435. The van der Waals surface area contributed by atoms with Crippen LogP contribution in [0.25, 0.3) is 0 Å². The highest BCUT2D eigenvalue weighted by molar-refractivity contribution is 5.64. The van der Waals surface area contributed by atoms with Crippen LogP contribution in [0.3, 0.4) is 0 Å². The lowest BCUT2D eigenvalue weighted by molar-refractivity contribution is 0.0225. The Kier molecular flexibility index (Phi) is 13.5. The van der Waals surface area contributed by atoms with Crippen LogP contribution in [0.4, 0.5) is 0 Å².